The van der Waals surface area contributed by atoms with E-state index in [0.717, 1.165) is 42.8 Å². The van der Waals surface area contributed by atoms with Crippen molar-refractivity contribution >= 4 is 11.7 Å². The van der Waals surface area contributed by atoms with Crippen molar-refractivity contribution in [3.8, 4) is 0 Å². The third-order valence-corrected chi connectivity index (χ3v) is 4.11. The molecule has 0 saturated heterocycles. The quantitative estimate of drug-likeness (QED) is 0.689. The van der Waals surface area contributed by atoms with Gasteiger partial charge in [-0.25, -0.2) is 4.79 Å². The number of rotatable bonds is 4. The molecule has 2 heterocycles. The zero-order valence-corrected chi connectivity index (χ0v) is 17.5. The first kappa shape index (κ1) is 23.1. The Morgan fingerprint density at radius 3 is 2.29 bits per heavy atom. The van der Waals surface area contributed by atoms with Crippen molar-refractivity contribution in [1.82, 2.24) is 19.6 Å². The first-order valence-electron chi connectivity index (χ1n) is 9.65. The van der Waals surface area contributed by atoms with Crippen LogP contribution in [0.1, 0.15) is 57.6 Å². The lowest BCUT2D eigenvalue weighted by Crippen LogP contribution is -2.12. The molecule has 0 aliphatic rings. The summed E-state index contributed by atoms with van der Waals surface area (Å²) in [6, 6.07) is 12.1. The number of fused-ring (bicyclic) bond motifs is 1. The van der Waals surface area contributed by atoms with E-state index >= 15 is 0 Å². The number of nitrogens with one attached hydrogen (secondary N) is 1. The number of allylic oxidation sites excluding steroid dienone is 1. The van der Waals surface area contributed by atoms with Crippen molar-refractivity contribution in [3.05, 3.63) is 69.4 Å². The van der Waals surface area contributed by atoms with Gasteiger partial charge in [-0.05, 0) is 38.7 Å². The highest BCUT2D eigenvalue weighted by atomic mass is 16.1. The van der Waals surface area contributed by atoms with E-state index in [1.54, 1.807) is 18.9 Å². The van der Waals surface area contributed by atoms with Gasteiger partial charge in [0.1, 0.15) is 11.8 Å². The van der Waals surface area contributed by atoms with Gasteiger partial charge in [0.2, 0.25) is 5.78 Å². The summed E-state index contributed by atoms with van der Waals surface area (Å²) < 4.78 is 1.88. The minimum atomic E-state index is -0.117. The summed E-state index contributed by atoms with van der Waals surface area (Å²) in [5.41, 5.74) is 3.05. The smallest absolute Gasteiger partial charge is 0.252 e. The summed E-state index contributed by atoms with van der Waals surface area (Å²) in [5.74, 6) is 3.11. The lowest BCUT2D eigenvalue weighted by atomic mass is 10.2. The van der Waals surface area contributed by atoms with Crippen LogP contribution in [0.25, 0.3) is 5.78 Å². The summed E-state index contributed by atoms with van der Waals surface area (Å²) in [5, 5.41) is 7.80. The van der Waals surface area contributed by atoms with E-state index in [4.69, 9.17) is 0 Å². The normalized spacial score (nSPS) is 9.61. The molecule has 0 spiro atoms. The molecule has 0 saturated carbocycles. The minimum absolute atomic E-state index is 0.117. The summed E-state index contributed by atoms with van der Waals surface area (Å²) in [4.78, 5) is 23.5. The number of hydrogen-bond donors (Lipinski definition) is 1. The summed E-state index contributed by atoms with van der Waals surface area (Å²) in [6.45, 7) is 9.81. The van der Waals surface area contributed by atoms with Crippen molar-refractivity contribution < 1.29 is 4.79 Å². The summed E-state index contributed by atoms with van der Waals surface area (Å²) >= 11 is 0. The first-order valence-corrected chi connectivity index (χ1v) is 9.65. The number of carbonyl (C=O) groups excluding carboxylic acids is 1. The fraction of sp³-hybridized carbons (Fsp3) is 0.409. The Hall–Kier alpha value is -2.98. The number of aromatic amines is 1. The highest BCUT2D eigenvalue weighted by Gasteiger charge is 2.06. The SMILES string of the molecule is CCC(C)=C=O.CCCc1cc(=O)[nH]c2nnc(C)n12.CCc1ccccc1. The van der Waals surface area contributed by atoms with Gasteiger partial charge in [0.05, 0.1) is 0 Å². The van der Waals surface area contributed by atoms with Gasteiger partial charge in [0.15, 0.2) is 0 Å². The van der Waals surface area contributed by atoms with Crippen LogP contribution in [0, 0.1) is 6.92 Å². The van der Waals surface area contributed by atoms with Gasteiger partial charge in [-0.2, -0.15) is 0 Å². The highest BCUT2D eigenvalue weighted by molar-refractivity contribution is 5.50. The van der Waals surface area contributed by atoms with E-state index in [1.807, 2.05) is 24.3 Å². The Morgan fingerprint density at radius 1 is 1.14 bits per heavy atom. The van der Waals surface area contributed by atoms with E-state index in [9.17, 15) is 9.59 Å². The van der Waals surface area contributed by atoms with Gasteiger partial charge in [-0.1, -0.05) is 57.5 Å². The molecular weight excluding hydrogens is 352 g/mol. The monoisotopic (exact) mass is 382 g/mol. The Kier molecular flexibility index (Phi) is 10.2. The third-order valence-electron chi connectivity index (χ3n) is 4.11. The zero-order valence-electron chi connectivity index (χ0n) is 17.5. The van der Waals surface area contributed by atoms with Crippen molar-refractivity contribution in [1.29, 1.82) is 0 Å². The molecule has 0 unspecified atom stereocenters. The maximum absolute atomic E-state index is 11.3. The maximum atomic E-state index is 11.3. The number of benzene rings is 1. The van der Waals surface area contributed by atoms with Crippen LogP contribution < -0.4 is 5.56 Å². The predicted octanol–water partition coefficient (Wildman–Crippen LogP) is 4.10. The average Bonchev–Trinajstić information content (AvgIpc) is 3.09. The lowest BCUT2D eigenvalue weighted by molar-refractivity contribution is 0.566. The van der Waals surface area contributed by atoms with Crippen molar-refractivity contribution in [2.75, 3.05) is 0 Å². The molecule has 0 fully saturated rings. The molecule has 2 aromatic heterocycles. The molecule has 6 nitrogen and oxygen atoms in total. The maximum Gasteiger partial charge on any atom is 0.252 e. The van der Waals surface area contributed by atoms with Gasteiger partial charge < -0.3 is 0 Å². The van der Waals surface area contributed by atoms with Gasteiger partial charge in [0, 0.05) is 17.3 Å². The Labute approximate surface area is 166 Å². The van der Waals surface area contributed by atoms with Gasteiger partial charge in [-0.3, -0.25) is 14.2 Å². The molecule has 0 radical (unpaired) electrons. The molecule has 0 bridgehead atoms. The van der Waals surface area contributed by atoms with Gasteiger partial charge >= 0.3 is 0 Å². The summed E-state index contributed by atoms with van der Waals surface area (Å²) in [6.07, 6.45) is 3.82. The average molecular weight is 383 g/mol. The molecule has 3 aromatic rings. The molecule has 0 atom stereocenters. The van der Waals surface area contributed by atoms with Crippen LogP contribution in [0.3, 0.4) is 0 Å². The second-order valence-electron chi connectivity index (χ2n) is 6.36. The number of nitrogens with zero attached hydrogens (tertiary/aromatic N) is 3. The second-order valence-corrected chi connectivity index (χ2v) is 6.36. The van der Waals surface area contributed by atoms with Crippen LogP contribution in [0.4, 0.5) is 0 Å². The van der Waals surface area contributed by atoms with E-state index in [-0.39, 0.29) is 5.56 Å². The Bertz CT molecular complexity index is 952. The molecule has 0 aliphatic heterocycles. The summed E-state index contributed by atoms with van der Waals surface area (Å²) in [7, 11) is 0. The molecule has 150 valence electrons. The number of aromatic nitrogens is 4. The minimum Gasteiger partial charge on any atom is -0.291 e. The Morgan fingerprint density at radius 2 is 1.82 bits per heavy atom. The fourth-order valence-corrected chi connectivity index (χ4v) is 2.38. The van der Waals surface area contributed by atoms with Crippen molar-refractivity contribution in [3.63, 3.8) is 0 Å². The largest absolute Gasteiger partial charge is 0.291 e. The van der Waals surface area contributed by atoms with Gasteiger partial charge in [0.25, 0.3) is 5.56 Å². The zero-order chi connectivity index (χ0) is 20.9. The predicted molar refractivity (Wildman–Crippen MR) is 113 cm³/mol. The van der Waals surface area contributed by atoms with E-state index < -0.39 is 0 Å². The van der Waals surface area contributed by atoms with Gasteiger partial charge in [-0.15, -0.1) is 10.2 Å². The topological polar surface area (TPSA) is 80.1 Å². The van der Waals surface area contributed by atoms with Crippen LogP contribution in [0.15, 0.2) is 46.8 Å². The molecule has 28 heavy (non-hydrogen) atoms. The highest BCUT2D eigenvalue weighted by Crippen LogP contribution is 2.05. The van der Waals surface area contributed by atoms with E-state index in [1.165, 1.54) is 5.56 Å². The first-order chi connectivity index (χ1) is 13.5. The lowest BCUT2D eigenvalue weighted by Gasteiger charge is -2.02. The fourth-order valence-electron chi connectivity index (χ4n) is 2.38. The third kappa shape index (κ3) is 7.33. The van der Waals surface area contributed by atoms with E-state index in [0.29, 0.717) is 5.78 Å². The van der Waals surface area contributed by atoms with Crippen molar-refractivity contribution in [2.24, 2.45) is 0 Å². The molecular formula is C22H30N4O2. The molecule has 0 aliphatic carbocycles. The Balaban J connectivity index is 0.000000238. The standard InChI is InChI=1S/C9H12N4O.C8H10.C5H8O/c1-3-4-7-5-8(14)10-9-12-11-6(2)13(7)9;1-2-8-6-4-3-5-7-8;1-3-5(2)4-6/h5H,3-4H2,1-2H3,(H,10,12,14);3-7H,2H2,1H3;3H2,1-2H3. The molecule has 3 rings (SSSR count). The van der Waals surface area contributed by atoms with Crippen molar-refractivity contribution in [2.45, 2.75) is 60.3 Å². The molecule has 0 amide bonds. The number of H-pyrrole nitrogens is 1. The van der Waals surface area contributed by atoms with Crippen LogP contribution in [-0.2, 0) is 17.6 Å². The second kappa shape index (κ2) is 12.4. The van der Waals surface area contributed by atoms with E-state index in [2.05, 4.69) is 53.3 Å². The van der Waals surface area contributed by atoms with Crippen LogP contribution >= 0.6 is 0 Å². The number of hydrogen-bond acceptors (Lipinski definition) is 4. The molecule has 1 aromatic carbocycles. The van der Waals surface area contributed by atoms with Crippen LogP contribution in [0.2, 0.25) is 0 Å². The molecule has 1 N–H and O–H groups in total. The van der Waals surface area contributed by atoms with Crippen LogP contribution in [0.5, 0.6) is 0 Å². The van der Waals surface area contributed by atoms with Crippen LogP contribution in [-0.4, -0.2) is 25.5 Å². The molecule has 6 heteroatoms. The number of aryl methyl sites for hydroxylation is 3.